The Balaban J connectivity index is 1.80. The molecule has 4 N–H and O–H groups in total. The van der Waals surface area contributed by atoms with Crippen molar-refractivity contribution in [2.45, 2.75) is 26.7 Å². The van der Waals surface area contributed by atoms with E-state index >= 15 is 0 Å². The molecule has 0 aliphatic carbocycles. The van der Waals surface area contributed by atoms with Crippen LogP contribution >= 0.6 is 23.2 Å². The Bertz CT molecular complexity index is 1210. The minimum atomic E-state index is -0.377. The molecule has 0 bridgehead atoms. The maximum Gasteiger partial charge on any atom is 0.256 e. The standard InChI is InChI=1S/C27H29Cl2N3O3/c1-15(2)5-6-16-7-9-17(10-8-16)27(33)32-26(31)19-12-11-18(13-20(19)30)23-24(28)21(34-3)14-22(35-4)25(23)29/h7-15H,5-6,30H2,1-4H3,(H2,31,32,33). The fourth-order valence-electron chi connectivity index (χ4n) is 3.62. The van der Waals surface area contributed by atoms with Gasteiger partial charge in [0.15, 0.2) is 0 Å². The predicted octanol–water partition coefficient (Wildman–Crippen LogP) is 6.60. The van der Waals surface area contributed by atoms with Crippen molar-refractivity contribution in [3.63, 3.8) is 0 Å². The van der Waals surface area contributed by atoms with Gasteiger partial charge in [-0.15, -0.1) is 0 Å². The van der Waals surface area contributed by atoms with E-state index in [-0.39, 0.29) is 17.4 Å². The van der Waals surface area contributed by atoms with Gasteiger partial charge in [0.2, 0.25) is 0 Å². The number of hydrogen-bond donors (Lipinski definition) is 3. The van der Waals surface area contributed by atoms with Crippen LogP contribution in [0.5, 0.6) is 11.5 Å². The van der Waals surface area contributed by atoms with Gasteiger partial charge in [0.1, 0.15) is 17.3 Å². The van der Waals surface area contributed by atoms with Crippen molar-refractivity contribution in [1.82, 2.24) is 5.32 Å². The van der Waals surface area contributed by atoms with E-state index < -0.39 is 0 Å². The van der Waals surface area contributed by atoms with Crippen LogP contribution in [0.1, 0.15) is 41.8 Å². The number of carbonyl (C=O) groups excluding carboxylic acids is 1. The summed E-state index contributed by atoms with van der Waals surface area (Å²) in [6.07, 6.45) is 2.05. The Morgan fingerprint density at radius 1 is 1.00 bits per heavy atom. The SMILES string of the molecule is COc1cc(OC)c(Cl)c(-c2ccc(C(=N)NC(=O)c3ccc(CCC(C)C)cc3)c(N)c2)c1Cl. The second kappa shape index (κ2) is 11.5. The zero-order valence-electron chi connectivity index (χ0n) is 20.2. The highest BCUT2D eigenvalue weighted by Gasteiger charge is 2.20. The highest BCUT2D eigenvalue weighted by Crippen LogP contribution is 2.46. The summed E-state index contributed by atoms with van der Waals surface area (Å²) in [5.74, 6) is 0.941. The number of nitrogens with two attached hydrogens (primary N) is 1. The number of amides is 1. The molecule has 0 atom stereocenters. The molecule has 0 radical (unpaired) electrons. The monoisotopic (exact) mass is 513 g/mol. The highest BCUT2D eigenvalue weighted by atomic mass is 35.5. The Kier molecular flexibility index (Phi) is 8.65. The number of aryl methyl sites for hydroxylation is 1. The number of ether oxygens (including phenoxy) is 2. The second-order valence-electron chi connectivity index (χ2n) is 8.54. The Morgan fingerprint density at radius 3 is 2.11 bits per heavy atom. The molecule has 0 saturated heterocycles. The number of amidine groups is 1. The van der Waals surface area contributed by atoms with Gasteiger partial charge in [0, 0.05) is 28.4 Å². The molecular formula is C27H29Cl2N3O3. The molecule has 0 saturated carbocycles. The van der Waals surface area contributed by atoms with E-state index in [4.69, 9.17) is 43.8 Å². The second-order valence-corrected chi connectivity index (χ2v) is 9.30. The van der Waals surface area contributed by atoms with Crippen molar-refractivity contribution < 1.29 is 14.3 Å². The number of rotatable bonds is 8. The zero-order chi connectivity index (χ0) is 25.7. The molecule has 0 aliphatic heterocycles. The molecule has 0 spiro atoms. The fourth-order valence-corrected chi connectivity index (χ4v) is 4.34. The van der Waals surface area contributed by atoms with Crippen molar-refractivity contribution in [3.8, 4) is 22.6 Å². The van der Waals surface area contributed by atoms with Crippen LogP contribution in [0.2, 0.25) is 10.0 Å². The first-order chi connectivity index (χ1) is 16.7. The molecule has 3 rings (SSSR count). The number of halogens is 2. The van der Waals surface area contributed by atoms with Gasteiger partial charge in [0.05, 0.1) is 24.3 Å². The molecule has 6 nitrogen and oxygen atoms in total. The zero-order valence-corrected chi connectivity index (χ0v) is 21.7. The molecule has 0 fully saturated rings. The molecule has 184 valence electrons. The Morgan fingerprint density at radius 2 is 1.60 bits per heavy atom. The fraction of sp³-hybridized carbons (Fsp3) is 0.259. The molecule has 35 heavy (non-hydrogen) atoms. The van der Waals surface area contributed by atoms with Crippen LogP contribution < -0.4 is 20.5 Å². The average Bonchev–Trinajstić information content (AvgIpc) is 2.83. The molecule has 0 aliphatic rings. The smallest absolute Gasteiger partial charge is 0.256 e. The third-order valence-corrected chi connectivity index (χ3v) is 6.40. The third kappa shape index (κ3) is 6.08. The lowest BCUT2D eigenvalue weighted by Crippen LogP contribution is -2.31. The van der Waals surface area contributed by atoms with E-state index in [1.54, 1.807) is 36.4 Å². The Labute approximate surface area is 215 Å². The minimum absolute atomic E-state index is 0.108. The maximum atomic E-state index is 12.7. The van der Waals surface area contributed by atoms with Gasteiger partial charge < -0.3 is 20.5 Å². The summed E-state index contributed by atoms with van der Waals surface area (Å²) in [5.41, 5.74) is 9.67. The van der Waals surface area contributed by atoms with Crippen molar-refractivity contribution in [1.29, 1.82) is 5.41 Å². The minimum Gasteiger partial charge on any atom is -0.495 e. The van der Waals surface area contributed by atoms with Gasteiger partial charge >= 0.3 is 0 Å². The van der Waals surface area contributed by atoms with Crippen molar-refractivity contribution in [2.24, 2.45) is 5.92 Å². The number of benzene rings is 3. The van der Waals surface area contributed by atoms with E-state index in [1.807, 2.05) is 12.1 Å². The molecule has 0 aromatic heterocycles. The van der Waals surface area contributed by atoms with E-state index in [2.05, 4.69) is 19.2 Å². The predicted molar refractivity (Wildman–Crippen MR) is 143 cm³/mol. The topological polar surface area (TPSA) is 97.4 Å². The summed E-state index contributed by atoms with van der Waals surface area (Å²) in [6, 6.07) is 14.0. The van der Waals surface area contributed by atoms with Crippen LogP contribution in [0, 0.1) is 11.3 Å². The number of nitrogens with one attached hydrogen (secondary N) is 2. The van der Waals surface area contributed by atoms with Gasteiger partial charge in [-0.2, -0.15) is 0 Å². The summed E-state index contributed by atoms with van der Waals surface area (Å²) >= 11 is 13.0. The van der Waals surface area contributed by atoms with E-state index in [0.717, 1.165) is 12.8 Å². The molecule has 0 heterocycles. The van der Waals surface area contributed by atoms with Crippen LogP contribution in [-0.2, 0) is 6.42 Å². The number of anilines is 1. The molecule has 3 aromatic rings. The van der Waals surface area contributed by atoms with E-state index in [1.165, 1.54) is 19.8 Å². The molecule has 0 unspecified atom stereocenters. The van der Waals surface area contributed by atoms with Crippen LogP contribution in [0.25, 0.3) is 11.1 Å². The molecule has 8 heteroatoms. The summed E-state index contributed by atoms with van der Waals surface area (Å²) in [7, 11) is 3.00. The van der Waals surface area contributed by atoms with Gasteiger partial charge in [-0.05, 0) is 54.2 Å². The average molecular weight is 514 g/mol. The van der Waals surface area contributed by atoms with E-state index in [0.29, 0.717) is 49.7 Å². The molecular weight excluding hydrogens is 485 g/mol. The quantitative estimate of drug-likeness (QED) is 0.179. The third-order valence-electron chi connectivity index (χ3n) is 5.65. The first kappa shape index (κ1) is 26.4. The normalized spacial score (nSPS) is 10.8. The first-order valence-corrected chi connectivity index (χ1v) is 11.9. The largest absolute Gasteiger partial charge is 0.495 e. The lowest BCUT2D eigenvalue weighted by atomic mass is 10.0. The first-order valence-electron chi connectivity index (χ1n) is 11.1. The summed E-state index contributed by atoms with van der Waals surface area (Å²) < 4.78 is 10.7. The number of nitrogen functional groups attached to an aromatic ring is 1. The van der Waals surface area contributed by atoms with Crippen LogP contribution in [0.3, 0.4) is 0 Å². The van der Waals surface area contributed by atoms with Gasteiger partial charge in [-0.25, -0.2) is 0 Å². The van der Waals surface area contributed by atoms with Gasteiger partial charge in [-0.1, -0.05) is 55.2 Å². The maximum absolute atomic E-state index is 12.7. The van der Waals surface area contributed by atoms with Crippen LogP contribution in [0.4, 0.5) is 5.69 Å². The highest BCUT2D eigenvalue weighted by molar-refractivity contribution is 6.41. The number of hydrogen-bond acceptors (Lipinski definition) is 5. The van der Waals surface area contributed by atoms with Gasteiger partial charge in [-0.3, -0.25) is 10.2 Å². The summed E-state index contributed by atoms with van der Waals surface area (Å²) in [5, 5.41) is 11.6. The lowest BCUT2D eigenvalue weighted by molar-refractivity contribution is 0.0977. The summed E-state index contributed by atoms with van der Waals surface area (Å²) in [6.45, 7) is 4.37. The van der Waals surface area contributed by atoms with Crippen molar-refractivity contribution >= 4 is 40.6 Å². The lowest BCUT2D eigenvalue weighted by Gasteiger charge is -2.16. The Hall–Kier alpha value is -3.22. The number of carbonyl (C=O) groups is 1. The van der Waals surface area contributed by atoms with Crippen LogP contribution in [0.15, 0.2) is 48.5 Å². The molecule has 3 aromatic carbocycles. The van der Waals surface area contributed by atoms with Crippen molar-refractivity contribution in [3.05, 3.63) is 75.3 Å². The number of methoxy groups -OCH3 is 2. The summed E-state index contributed by atoms with van der Waals surface area (Å²) in [4.78, 5) is 12.7. The van der Waals surface area contributed by atoms with E-state index in [9.17, 15) is 4.79 Å². The van der Waals surface area contributed by atoms with Gasteiger partial charge in [0.25, 0.3) is 5.91 Å². The van der Waals surface area contributed by atoms with Crippen LogP contribution in [-0.4, -0.2) is 26.0 Å². The molecule has 1 amide bonds. The van der Waals surface area contributed by atoms with Crippen molar-refractivity contribution in [2.75, 3.05) is 20.0 Å².